The van der Waals surface area contributed by atoms with Gasteiger partial charge in [0, 0.05) is 37.3 Å². The van der Waals surface area contributed by atoms with Crippen LogP contribution in [0.5, 0.6) is 11.5 Å². The van der Waals surface area contributed by atoms with Gasteiger partial charge in [0.1, 0.15) is 59.8 Å². The van der Waals surface area contributed by atoms with E-state index in [1.807, 2.05) is 0 Å². The van der Waals surface area contributed by atoms with E-state index in [-0.39, 0.29) is 61.7 Å². The molecular formula is C49H71N11O15S2. The van der Waals surface area contributed by atoms with Gasteiger partial charge < -0.3 is 79.7 Å². The van der Waals surface area contributed by atoms with Crippen molar-refractivity contribution in [3.05, 3.63) is 59.7 Å². The monoisotopic (exact) mass is 1120 g/mol. The molecule has 17 N–H and O–H groups in total. The highest BCUT2D eigenvalue weighted by Gasteiger charge is 2.41. The van der Waals surface area contributed by atoms with Gasteiger partial charge in [-0.3, -0.25) is 47.9 Å². The first-order chi connectivity index (χ1) is 36.4. The van der Waals surface area contributed by atoms with Crippen molar-refractivity contribution in [2.24, 2.45) is 23.1 Å². The fourth-order valence-electron chi connectivity index (χ4n) is 8.03. The molecule has 0 aliphatic carbocycles. The van der Waals surface area contributed by atoms with Crippen LogP contribution >= 0.6 is 25.3 Å². The third-order valence-corrected chi connectivity index (χ3v) is 13.1. The van der Waals surface area contributed by atoms with E-state index in [2.05, 4.69) is 62.5 Å². The molecule has 0 spiro atoms. The maximum Gasteiger partial charge on any atom is 0.326 e. The number of carbonyl (C=O) groups excluding carboxylic acids is 9. The van der Waals surface area contributed by atoms with Crippen molar-refractivity contribution < 1.29 is 73.2 Å². The van der Waals surface area contributed by atoms with E-state index in [0.29, 0.717) is 30.5 Å². The molecule has 0 saturated carbocycles. The third kappa shape index (κ3) is 21.1. The number of primary amides is 1. The molecule has 1 fully saturated rings. The van der Waals surface area contributed by atoms with Crippen LogP contribution in [0.15, 0.2) is 48.5 Å². The second kappa shape index (κ2) is 31.8. The molecule has 0 radical (unpaired) electrons. The number of hydrogen-bond acceptors (Lipinski definition) is 17. The van der Waals surface area contributed by atoms with E-state index in [9.17, 15) is 73.2 Å². The number of nitrogens with two attached hydrogens (primary N) is 3. The van der Waals surface area contributed by atoms with Crippen LogP contribution in [-0.2, 0) is 65.6 Å². The highest BCUT2D eigenvalue weighted by molar-refractivity contribution is 7.80. The van der Waals surface area contributed by atoms with Crippen LogP contribution in [0.2, 0.25) is 0 Å². The Labute approximate surface area is 455 Å². The summed E-state index contributed by atoms with van der Waals surface area (Å²) in [6.07, 6.45) is -1.19. The molecule has 0 aromatic heterocycles. The molecule has 2 aromatic carbocycles. The predicted molar refractivity (Wildman–Crippen MR) is 284 cm³/mol. The van der Waals surface area contributed by atoms with Crippen molar-refractivity contribution in [1.29, 1.82) is 0 Å². The number of hydrogen-bond donors (Lipinski definition) is 16. The Kier molecular flexibility index (Phi) is 26.5. The number of rotatable bonds is 32. The zero-order valence-electron chi connectivity index (χ0n) is 42.6. The van der Waals surface area contributed by atoms with E-state index in [4.69, 9.17) is 17.2 Å². The Hall–Kier alpha value is -7.17. The maximum absolute atomic E-state index is 14.3. The molecule has 9 unspecified atom stereocenters. The smallest absolute Gasteiger partial charge is 0.326 e. The molecule has 3 rings (SSSR count). The SMILES string of the molecule is CC(C)C(NC(=O)C(Cc1ccc(O)cc1)NC(=O)C1CCCN1C(=O)C(CC(=O)O)NC(=O)C(CCC(N)=O)NC(=O)C(CS)NC(=O)C(Cc1ccc(O)cc1)NC(=O)C(N)CS)C(=O)NC(CCCCN)C(=O)O. The molecule has 26 nitrogen and oxygen atoms in total. The van der Waals surface area contributed by atoms with Crippen molar-refractivity contribution in [2.45, 2.75) is 132 Å². The van der Waals surface area contributed by atoms with Gasteiger partial charge in [-0.25, -0.2) is 4.79 Å². The minimum absolute atomic E-state index is 0.00617. The van der Waals surface area contributed by atoms with Crippen molar-refractivity contribution >= 4 is 90.4 Å². The summed E-state index contributed by atoms with van der Waals surface area (Å²) in [6, 6.07) is -1.60. The molecular weight excluding hydrogens is 1050 g/mol. The Bertz CT molecular complexity index is 2400. The van der Waals surface area contributed by atoms with Gasteiger partial charge in [-0.15, -0.1) is 0 Å². The minimum atomic E-state index is -1.89. The van der Waals surface area contributed by atoms with Crippen LogP contribution in [-0.4, -0.2) is 169 Å². The highest BCUT2D eigenvalue weighted by Crippen LogP contribution is 2.21. The Morgan fingerprint density at radius 1 is 0.623 bits per heavy atom. The fourth-order valence-corrected chi connectivity index (χ4v) is 8.45. The molecule has 77 heavy (non-hydrogen) atoms. The van der Waals surface area contributed by atoms with Gasteiger partial charge in [0.15, 0.2) is 0 Å². The Morgan fingerprint density at radius 3 is 1.62 bits per heavy atom. The molecule has 9 amide bonds. The lowest BCUT2D eigenvalue weighted by atomic mass is 9.99. The number of carboxylic acids is 2. The number of unbranched alkanes of at least 4 members (excludes halogenated alkanes) is 1. The average molecular weight is 1120 g/mol. The van der Waals surface area contributed by atoms with Crippen molar-refractivity contribution in [2.75, 3.05) is 24.6 Å². The molecule has 2 aromatic rings. The quantitative estimate of drug-likeness (QED) is 0.0257. The standard InChI is InChI=1S/C49H71N11O15S2/c1-25(2)40(47(72)54-32(49(74)75)6-3-4-18-50)59-44(69)34(21-27-10-14-29(62)15-11-27)56-46(71)37-7-5-19-60(37)48(73)35(22-39(64)65)57-42(67)31(16-17-38(52)63)53-45(70)36(24-77)58-43(68)33(55-41(66)30(51)23-76)20-26-8-12-28(61)13-9-26/h8-15,25,30-37,40,61-62,76-77H,3-7,16-24,50-51H2,1-2H3,(H2,52,63)(H,53,70)(H,54,72)(H,55,66)(H,56,71)(H,57,67)(H,58,68)(H,59,69)(H,64,65)(H,74,75). The predicted octanol–water partition coefficient (Wildman–Crippen LogP) is -2.94. The first-order valence-electron chi connectivity index (χ1n) is 24.8. The van der Waals surface area contributed by atoms with E-state index in [1.165, 1.54) is 48.5 Å². The number of phenols is 2. The fraction of sp³-hybridized carbons (Fsp3) is 0.531. The van der Waals surface area contributed by atoms with Crippen LogP contribution in [0.3, 0.4) is 0 Å². The summed E-state index contributed by atoms with van der Waals surface area (Å²) in [5.41, 5.74) is 17.7. The lowest BCUT2D eigenvalue weighted by molar-refractivity contribution is -0.146. The minimum Gasteiger partial charge on any atom is -0.508 e. The molecule has 0 bridgehead atoms. The molecule has 1 aliphatic rings. The normalized spacial score (nSPS) is 16.2. The molecule has 424 valence electrons. The summed E-state index contributed by atoms with van der Waals surface area (Å²) in [6.45, 7) is 3.40. The van der Waals surface area contributed by atoms with Crippen LogP contribution < -0.4 is 54.4 Å². The number of thiol groups is 2. The number of aliphatic carboxylic acids is 2. The number of amides is 9. The van der Waals surface area contributed by atoms with Gasteiger partial charge in [-0.2, -0.15) is 25.3 Å². The number of nitrogens with zero attached hydrogens (tertiary/aromatic N) is 1. The number of likely N-dealkylation sites (tertiary alicyclic amines) is 1. The van der Waals surface area contributed by atoms with Gasteiger partial charge in [0.25, 0.3) is 0 Å². The maximum atomic E-state index is 14.3. The topological polar surface area (TPSA) is 434 Å². The summed E-state index contributed by atoms with van der Waals surface area (Å²) >= 11 is 8.21. The summed E-state index contributed by atoms with van der Waals surface area (Å²) in [5, 5.41) is 56.7. The van der Waals surface area contributed by atoms with Crippen molar-refractivity contribution in [1.82, 2.24) is 42.1 Å². The molecule has 28 heteroatoms. The molecule has 9 atom stereocenters. The second-order valence-electron chi connectivity index (χ2n) is 18.7. The summed E-state index contributed by atoms with van der Waals surface area (Å²) in [4.78, 5) is 148. The largest absolute Gasteiger partial charge is 0.508 e. The van der Waals surface area contributed by atoms with Crippen LogP contribution in [0, 0.1) is 5.92 Å². The molecule has 1 aliphatic heterocycles. The van der Waals surface area contributed by atoms with E-state index < -0.39 is 145 Å². The van der Waals surface area contributed by atoms with Gasteiger partial charge in [0.2, 0.25) is 53.2 Å². The number of phenolic OH excluding ortho intramolecular Hbond substituents is 2. The molecule has 1 heterocycles. The van der Waals surface area contributed by atoms with E-state index in [0.717, 1.165) is 4.90 Å². The zero-order valence-corrected chi connectivity index (χ0v) is 44.4. The lowest BCUT2D eigenvalue weighted by Crippen LogP contribution is -2.61. The highest BCUT2D eigenvalue weighted by atomic mass is 32.1. The first-order valence-corrected chi connectivity index (χ1v) is 26.0. The van der Waals surface area contributed by atoms with Crippen LogP contribution in [0.4, 0.5) is 0 Å². The van der Waals surface area contributed by atoms with Crippen molar-refractivity contribution in [3.63, 3.8) is 0 Å². The van der Waals surface area contributed by atoms with E-state index >= 15 is 0 Å². The average Bonchev–Trinajstić information content (AvgIpc) is 3.88. The first kappa shape index (κ1) is 64.1. The van der Waals surface area contributed by atoms with Gasteiger partial charge in [0.05, 0.1) is 12.5 Å². The van der Waals surface area contributed by atoms with Crippen LogP contribution in [0.1, 0.15) is 76.3 Å². The second-order valence-corrected chi connectivity index (χ2v) is 19.5. The Balaban J connectivity index is 1.87. The number of carbonyl (C=O) groups is 11. The zero-order chi connectivity index (χ0) is 57.5. The van der Waals surface area contributed by atoms with E-state index in [1.54, 1.807) is 13.8 Å². The summed E-state index contributed by atoms with van der Waals surface area (Å²) < 4.78 is 0. The van der Waals surface area contributed by atoms with Crippen molar-refractivity contribution in [3.8, 4) is 11.5 Å². The molecule has 1 saturated heterocycles. The summed E-state index contributed by atoms with van der Waals surface area (Å²) in [5.74, 6) is -12.4. The number of nitrogens with one attached hydrogen (secondary N) is 7. The third-order valence-electron chi connectivity index (χ3n) is 12.3. The van der Waals surface area contributed by atoms with Gasteiger partial charge in [-0.1, -0.05) is 38.1 Å². The number of carboxylic acid groups (broad SMARTS) is 2. The Morgan fingerprint density at radius 2 is 1.12 bits per heavy atom. The number of aromatic hydroxyl groups is 2. The van der Waals surface area contributed by atoms with Gasteiger partial charge in [-0.05, 0) is 86.4 Å². The van der Waals surface area contributed by atoms with Crippen LogP contribution in [0.25, 0.3) is 0 Å². The van der Waals surface area contributed by atoms with Gasteiger partial charge >= 0.3 is 11.9 Å². The lowest BCUT2D eigenvalue weighted by Gasteiger charge is -2.31. The summed E-state index contributed by atoms with van der Waals surface area (Å²) in [7, 11) is 0. The number of benzene rings is 2.